The van der Waals surface area contributed by atoms with E-state index >= 15 is 0 Å². The Balaban J connectivity index is 1.80. The fourth-order valence-corrected chi connectivity index (χ4v) is 3.98. The van der Waals surface area contributed by atoms with E-state index < -0.39 is 5.97 Å². The van der Waals surface area contributed by atoms with Crippen LogP contribution in [0.25, 0.3) is 0 Å². The maximum Gasteiger partial charge on any atom is 0.313 e. The number of anilines is 1. The van der Waals surface area contributed by atoms with Crippen molar-refractivity contribution in [3.8, 4) is 17.9 Å². The second-order valence-electron chi connectivity index (χ2n) is 7.14. The molecule has 33 heavy (non-hydrogen) atoms. The minimum atomic E-state index is -0.942. The van der Waals surface area contributed by atoms with Crippen LogP contribution >= 0.6 is 11.8 Å². The van der Waals surface area contributed by atoms with Crippen molar-refractivity contribution >= 4 is 40.7 Å². The number of fused-ring (bicyclic) bond motifs is 1. The largest absolute Gasteiger partial charge is 0.481 e. The number of nitrogens with zero attached hydrogens (tertiary/aromatic N) is 2. The van der Waals surface area contributed by atoms with Gasteiger partial charge in [0, 0.05) is 16.0 Å². The molecule has 0 atom stereocenters. The molecule has 0 aliphatic carbocycles. The molecule has 0 fully saturated rings. The van der Waals surface area contributed by atoms with Gasteiger partial charge in [0.2, 0.25) is 5.91 Å². The van der Waals surface area contributed by atoms with Crippen LogP contribution in [-0.2, 0) is 9.59 Å². The summed E-state index contributed by atoms with van der Waals surface area (Å²) in [6, 6.07) is 21.9. The number of aliphatic carboxylic acids is 1. The molecule has 4 rings (SSSR count). The molecule has 6 nitrogen and oxygen atoms in total. The van der Waals surface area contributed by atoms with Crippen LogP contribution in [-0.4, -0.2) is 28.4 Å². The summed E-state index contributed by atoms with van der Waals surface area (Å²) in [5.74, 6) is 4.87. The Hall–Kier alpha value is -4.33. The van der Waals surface area contributed by atoms with Crippen molar-refractivity contribution in [2.75, 3.05) is 11.1 Å². The predicted molar refractivity (Wildman–Crippen MR) is 128 cm³/mol. The Morgan fingerprint density at radius 1 is 1.06 bits per heavy atom. The minimum absolute atomic E-state index is 0.0478. The summed E-state index contributed by atoms with van der Waals surface area (Å²) < 4.78 is 0. The van der Waals surface area contributed by atoms with E-state index in [0.717, 1.165) is 17.3 Å². The van der Waals surface area contributed by atoms with Gasteiger partial charge in [0.1, 0.15) is 0 Å². The van der Waals surface area contributed by atoms with Crippen LogP contribution in [0, 0.1) is 23.2 Å². The van der Waals surface area contributed by atoms with E-state index in [2.05, 4.69) is 23.2 Å². The maximum absolute atomic E-state index is 12.6. The number of hydrogen-bond donors (Lipinski definition) is 2. The highest BCUT2D eigenvalue weighted by Crippen LogP contribution is 2.36. The molecule has 3 aromatic carbocycles. The van der Waals surface area contributed by atoms with Gasteiger partial charge in [-0.2, -0.15) is 5.26 Å². The average Bonchev–Trinajstić information content (AvgIpc) is 2.99. The number of rotatable bonds is 4. The lowest BCUT2D eigenvalue weighted by molar-refractivity contribution is -0.133. The third kappa shape index (κ3) is 5.48. The number of nitriles is 1. The van der Waals surface area contributed by atoms with Gasteiger partial charge in [0.25, 0.3) is 0 Å². The zero-order chi connectivity index (χ0) is 23.2. The van der Waals surface area contributed by atoms with Crippen molar-refractivity contribution in [1.29, 1.82) is 5.26 Å². The third-order valence-electron chi connectivity index (χ3n) is 4.75. The van der Waals surface area contributed by atoms with Crippen LogP contribution in [0.5, 0.6) is 0 Å². The quantitative estimate of drug-likeness (QED) is 0.446. The lowest BCUT2D eigenvalue weighted by Crippen LogP contribution is -2.15. The minimum Gasteiger partial charge on any atom is -0.481 e. The second kappa shape index (κ2) is 9.86. The van der Waals surface area contributed by atoms with E-state index in [1.807, 2.05) is 30.3 Å². The number of carbonyl (C=O) groups excluding carboxylic acids is 1. The summed E-state index contributed by atoms with van der Waals surface area (Å²) in [6.07, 6.45) is 0.0478. The number of amides is 1. The number of carbonyl (C=O) groups is 2. The van der Waals surface area contributed by atoms with Crippen LogP contribution in [0.1, 0.15) is 28.7 Å². The molecule has 0 saturated heterocycles. The zero-order valence-corrected chi connectivity index (χ0v) is 18.1. The molecular weight excluding hydrogens is 434 g/mol. The highest BCUT2D eigenvalue weighted by atomic mass is 32.2. The molecule has 7 heteroatoms. The van der Waals surface area contributed by atoms with E-state index in [-0.39, 0.29) is 18.1 Å². The third-order valence-corrected chi connectivity index (χ3v) is 5.79. The lowest BCUT2D eigenvalue weighted by atomic mass is 10.0. The molecule has 3 aromatic rings. The van der Waals surface area contributed by atoms with Gasteiger partial charge in [-0.05, 0) is 42.0 Å². The van der Waals surface area contributed by atoms with Crippen molar-refractivity contribution in [3.05, 3.63) is 89.0 Å². The molecule has 0 spiro atoms. The van der Waals surface area contributed by atoms with E-state index in [1.54, 1.807) is 36.4 Å². The molecule has 0 unspecified atom stereocenters. The lowest BCUT2D eigenvalue weighted by Gasteiger charge is -2.10. The second-order valence-corrected chi connectivity index (χ2v) is 8.16. The number of carboxylic acids is 1. The normalized spacial score (nSPS) is 12.2. The number of hydrogen-bond acceptors (Lipinski definition) is 5. The molecule has 2 N–H and O–H groups in total. The number of benzene rings is 3. The smallest absolute Gasteiger partial charge is 0.313 e. The molecule has 0 aromatic heterocycles. The summed E-state index contributed by atoms with van der Waals surface area (Å²) in [7, 11) is 0. The Labute approximate surface area is 195 Å². The van der Waals surface area contributed by atoms with Gasteiger partial charge in [-0.1, -0.05) is 42.2 Å². The number of thioether (sulfide) groups is 1. The van der Waals surface area contributed by atoms with Crippen molar-refractivity contribution in [2.45, 2.75) is 11.3 Å². The first kappa shape index (κ1) is 21.9. The monoisotopic (exact) mass is 451 g/mol. The maximum atomic E-state index is 12.6. The van der Waals surface area contributed by atoms with Crippen molar-refractivity contribution in [2.24, 2.45) is 4.99 Å². The Morgan fingerprint density at radius 3 is 2.61 bits per heavy atom. The van der Waals surface area contributed by atoms with Crippen molar-refractivity contribution in [1.82, 2.24) is 0 Å². The summed E-state index contributed by atoms with van der Waals surface area (Å²) in [5.41, 5.74) is 4.13. The Bertz CT molecular complexity index is 1380. The van der Waals surface area contributed by atoms with Crippen LogP contribution in [0.15, 0.2) is 76.6 Å². The highest BCUT2D eigenvalue weighted by Gasteiger charge is 2.20. The first-order chi connectivity index (χ1) is 16.0. The van der Waals surface area contributed by atoms with Gasteiger partial charge in [0.15, 0.2) is 0 Å². The summed E-state index contributed by atoms with van der Waals surface area (Å²) in [6.45, 7) is 0. The molecule has 1 aliphatic heterocycles. The molecule has 0 radical (unpaired) electrons. The number of aliphatic imine (C=N–C) groups is 1. The Morgan fingerprint density at radius 2 is 1.85 bits per heavy atom. The topological polar surface area (TPSA) is 103 Å². The van der Waals surface area contributed by atoms with E-state index in [9.17, 15) is 14.9 Å². The van der Waals surface area contributed by atoms with Crippen LogP contribution in [0.2, 0.25) is 0 Å². The first-order valence-corrected chi connectivity index (χ1v) is 11.0. The van der Waals surface area contributed by atoms with Gasteiger partial charge in [-0.25, -0.2) is 0 Å². The molecule has 1 heterocycles. The molecule has 1 aliphatic rings. The van der Waals surface area contributed by atoms with Crippen LogP contribution in [0.3, 0.4) is 0 Å². The predicted octanol–water partition coefficient (Wildman–Crippen LogP) is 4.60. The molecule has 0 bridgehead atoms. The summed E-state index contributed by atoms with van der Waals surface area (Å²) >= 11 is 1.15. The van der Waals surface area contributed by atoms with Gasteiger partial charge >= 0.3 is 5.97 Å². The molecule has 1 amide bonds. The van der Waals surface area contributed by atoms with E-state index in [4.69, 9.17) is 10.1 Å². The van der Waals surface area contributed by atoms with Crippen molar-refractivity contribution < 1.29 is 14.7 Å². The van der Waals surface area contributed by atoms with Crippen molar-refractivity contribution in [3.63, 3.8) is 0 Å². The van der Waals surface area contributed by atoms with Gasteiger partial charge < -0.3 is 10.4 Å². The zero-order valence-electron chi connectivity index (χ0n) is 17.3. The average molecular weight is 452 g/mol. The highest BCUT2D eigenvalue weighted by molar-refractivity contribution is 8.00. The SMILES string of the molecule is N#Cc1cccc(C2=Nc3cc(SCC(=O)O)c(C#Cc4ccccc4)cc3NC(=O)C2)c1. The Kier molecular flexibility index (Phi) is 6.54. The fourth-order valence-electron chi connectivity index (χ4n) is 3.25. The standard InChI is InChI=1S/C26H17N3O3S/c27-15-18-7-4-8-19(11-18)21-14-25(30)29-22-12-20(10-9-17-5-2-1-3-6-17)24(13-23(22)28-21)33-16-26(31)32/h1-8,11-13H,14,16H2,(H,29,30)(H,31,32). The van der Waals surface area contributed by atoms with E-state index in [0.29, 0.717) is 38.7 Å². The van der Waals surface area contributed by atoms with E-state index in [1.165, 1.54) is 0 Å². The molecular formula is C26H17N3O3S. The summed E-state index contributed by atoms with van der Waals surface area (Å²) in [5, 5.41) is 21.2. The van der Waals surface area contributed by atoms with Crippen LogP contribution < -0.4 is 5.32 Å². The van der Waals surface area contributed by atoms with Gasteiger partial charge in [0.05, 0.1) is 40.9 Å². The first-order valence-electron chi connectivity index (χ1n) is 9.99. The van der Waals surface area contributed by atoms with Gasteiger partial charge in [-0.15, -0.1) is 11.8 Å². The summed E-state index contributed by atoms with van der Waals surface area (Å²) in [4.78, 5) is 29.1. The molecule has 0 saturated carbocycles. The number of nitrogens with one attached hydrogen (secondary N) is 1. The fraction of sp³-hybridized carbons (Fsp3) is 0.0769. The van der Waals surface area contributed by atoms with Gasteiger partial charge in [-0.3, -0.25) is 14.6 Å². The van der Waals surface area contributed by atoms with Crippen LogP contribution in [0.4, 0.5) is 11.4 Å². The molecule has 160 valence electrons. The number of carboxylic acid groups (broad SMARTS) is 1.